The number of allylic oxidation sites excluding steroid dienone is 1. The summed E-state index contributed by atoms with van der Waals surface area (Å²) in [5, 5.41) is 0.410. The van der Waals surface area contributed by atoms with Gasteiger partial charge in [0, 0.05) is 11.1 Å². The smallest absolute Gasteiger partial charge is 0.242 e. The Kier molecular flexibility index (Phi) is 2.45. The molecular weight excluding hydrogens is 114 g/mol. The number of hydrogen-bond donors (Lipinski definition) is 1. The molecule has 3 heteroatoms. The van der Waals surface area contributed by atoms with Gasteiger partial charge in [-0.2, -0.15) is 0 Å². The zero-order valence-electron chi connectivity index (χ0n) is 3.94. The lowest BCUT2D eigenvalue weighted by Crippen LogP contribution is -2.05. The first kappa shape index (κ1) is 6.50. The van der Waals surface area contributed by atoms with Crippen LogP contribution < -0.4 is 5.73 Å². The van der Waals surface area contributed by atoms with Crippen molar-refractivity contribution in [3.05, 3.63) is 11.1 Å². The fourth-order valence-corrected chi connectivity index (χ4v) is 0.304. The Bertz CT molecular complexity index is 104. The Balaban J connectivity index is 3.68. The molecular formula is C4H6ClNO. The molecule has 0 aliphatic carbocycles. The SMILES string of the molecule is C/C(Cl)=C/C(N)=O. The van der Waals surface area contributed by atoms with Crippen molar-refractivity contribution in [1.29, 1.82) is 0 Å². The van der Waals surface area contributed by atoms with Crippen LogP contribution in [-0.4, -0.2) is 5.91 Å². The van der Waals surface area contributed by atoms with Gasteiger partial charge in [0.1, 0.15) is 0 Å². The maximum absolute atomic E-state index is 9.87. The quantitative estimate of drug-likeness (QED) is 0.505. The van der Waals surface area contributed by atoms with Crippen molar-refractivity contribution < 1.29 is 4.79 Å². The van der Waals surface area contributed by atoms with E-state index in [1.807, 2.05) is 0 Å². The third-order valence-electron chi connectivity index (χ3n) is 0.341. The van der Waals surface area contributed by atoms with Gasteiger partial charge in [-0.05, 0) is 6.92 Å². The lowest BCUT2D eigenvalue weighted by atomic mass is 10.5. The van der Waals surface area contributed by atoms with E-state index in [0.29, 0.717) is 5.03 Å². The van der Waals surface area contributed by atoms with Crippen molar-refractivity contribution in [2.24, 2.45) is 5.73 Å². The van der Waals surface area contributed by atoms with Crippen LogP contribution in [0.3, 0.4) is 0 Å². The summed E-state index contributed by atoms with van der Waals surface area (Å²) in [7, 11) is 0. The highest BCUT2D eigenvalue weighted by Crippen LogP contribution is 1.94. The first-order chi connectivity index (χ1) is 3.13. The summed E-state index contributed by atoms with van der Waals surface area (Å²) in [6.45, 7) is 1.59. The van der Waals surface area contributed by atoms with Gasteiger partial charge in [-0.25, -0.2) is 0 Å². The average Bonchev–Trinajstić information content (AvgIpc) is 1.27. The van der Waals surface area contributed by atoms with E-state index in [2.05, 4.69) is 0 Å². The molecule has 0 atom stereocenters. The number of carbonyl (C=O) groups is 1. The molecule has 0 bridgehead atoms. The number of rotatable bonds is 1. The normalized spacial score (nSPS) is 11.4. The number of hydrogen-bond acceptors (Lipinski definition) is 1. The Labute approximate surface area is 46.9 Å². The second-order valence-electron chi connectivity index (χ2n) is 1.13. The van der Waals surface area contributed by atoms with Gasteiger partial charge < -0.3 is 5.73 Å². The Hall–Kier alpha value is -0.500. The standard InChI is InChI=1S/C4H6ClNO/c1-3(5)2-4(6)7/h2H,1H3,(H2,6,7)/b3-2-. The predicted molar refractivity (Wildman–Crippen MR) is 28.8 cm³/mol. The summed E-state index contributed by atoms with van der Waals surface area (Å²) in [6, 6.07) is 0. The zero-order valence-corrected chi connectivity index (χ0v) is 4.70. The first-order valence-electron chi connectivity index (χ1n) is 1.76. The van der Waals surface area contributed by atoms with E-state index >= 15 is 0 Å². The van der Waals surface area contributed by atoms with Gasteiger partial charge in [-0.15, -0.1) is 0 Å². The van der Waals surface area contributed by atoms with E-state index in [1.165, 1.54) is 0 Å². The van der Waals surface area contributed by atoms with Crippen molar-refractivity contribution in [2.75, 3.05) is 0 Å². The highest BCUT2D eigenvalue weighted by molar-refractivity contribution is 6.30. The average molecular weight is 120 g/mol. The molecule has 0 aromatic heterocycles. The summed E-state index contributed by atoms with van der Waals surface area (Å²) in [4.78, 5) is 9.87. The lowest BCUT2D eigenvalue weighted by molar-refractivity contribution is -0.113. The Morgan fingerprint density at radius 3 is 2.29 bits per heavy atom. The molecule has 40 valence electrons. The van der Waals surface area contributed by atoms with Crippen LogP contribution in [-0.2, 0) is 4.79 Å². The van der Waals surface area contributed by atoms with Gasteiger partial charge >= 0.3 is 0 Å². The van der Waals surface area contributed by atoms with Crippen LogP contribution >= 0.6 is 11.6 Å². The minimum atomic E-state index is -0.507. The van der Waals surface area contributed by atoms with Crippen molar-refractivity contribution in [3.8, 4) is 0 Å². The van der Waals surface area contributed by atoms with Gasteiger partial charge in [0.25, 0.3) is 0 Å². The third kappa shape index (κ3) is 5.50. The molecule has 7 heavy (non-hydrogen) atoms. The van der Waals surface area contributed by atoms with Crippen LogP contribution in [0.25, 0.3) is 0 Å². The van der Waals surface area contributed by atoms with Gasteiger partial charge in [0.05, 0.1) is 0 Å². The summed E-state index contributed by atoms with van der Waals surface area (Å²) < 4.78 is 0. The highest BCUT2D eigenvalue weighted by atomic mass is 35.5. The van der Waals surface area contributed by atoms with E-state index in [1.54, 1.807) is 6.92 Å². The number of amides is 1. The van der Waals surface area contributed by atoms with E-state index in [-0.39, 0.29) is 0 Å². The van der Waals surface area contributed by atoms with Crippen LogP contribution in [0.15, 0.2) is 11.1 Å². The molecule has 0 spiro atoms. The van der Waals surface area contributed by atoms with Crippen LogP contribution in [0.1, 0.15) is 6.92 Å². The molecule has 0 rings (SSSR count). The number of primary amides is 1. The maximum Gasteiger partial charge on any atom is 0.242 e. The van der Waals surface area contributed by atoms with E-state index in [9.17, 15) is 4.79 Å². The van der Waals surface area contributed by atoms with Gasteiger partial charge in [-0.3, -0.25) is 4.79 Å². The van der Waals surface area contributed by atoms with Crippen LogP contribution in [0.4, 0.5) is 0 Å². The molecule has 0 heterocycles. The number of carbonyl (C=O) groups excluding carboxylic acids is 1. The van der Waals surface area contributed by atoms with Crippen molar-refractivity contribution >= 4 is 17.5 Å². The molecule has 0 aliphatic rings. The van der Waals surface area contributed by atoms with Crippen molar-refractivity contribution in [1.82, 2.24) is 0 Å². The second-order valence-corrected chi connectivity index (χ2v) is 1.73. The summed E-state index contributed by atoms with van der Waals surface area (Å²) in [6.07, 6.45) is 1.15. The Morgan fingerprint density at radius 2 is 2.29 bits per heavy atom. The lowest BCUT2D eigenvalue weighted by Gasteiger charge is -1.78. The molecule has 0 fully saturated rings. The first-order valence-corrected chi connectivity index (χ1v) is 2.14. The van der Waals surface area contributed by atoms with E-state index < -0.39 is 5.91 Å². The van der Waals surface area contributed by atoms with Crippen LogP contribution in [0.5, 0.6) is 0 Å². The van der Waals surface area contributed by atoms with Crippen LogP contribution in [0, 0.1) is 0 Å². The third-order valence-corrected chi connectivity index (χ3v) is 0.450. The molecule has 0 aromatic carbocycles. The molecule has 0 saturated carbocycles. The minimum Gasteiger partial charge on any atom is -0.366 e. The van der Waals surface area contributed by atoms with Crippen molar-refractivity contribution in [3.63, 3.8) is 0 Å². The second kappa shape index (κ2) is 2.64. The molecule has 2 N–H and O–H groups in total. The summed E-state index contributed by atoms with van der Waals surface area (Å²) in [5.41, 5.74) is 4.69. The molecule has 0 unspecified atom stereocenters. The fraction of sp³-hybridized carbons (Fsp3) is 0.250. The molecule has 1 amide bonds. The zero-order chi connectivity index (χ0) is 5.86. The summed E-state index contributed by atoms with van der Waals surface area (Å²) in [5.74, 6) is -0.507. The number of halogens is 1. The highest BCUT2D eigenvalue weighted by Gasteiger charge is 1.83. The van der Waals surface area contributed by atoms with Crippen molar-refractivity contribution in [2.45, 2.75) is 6.92 Å². The molecule has 0 saturated heterocycles. The molecule has 2 nitrogen and oxygen atoms in total. The van der Waals surface area contributed by atoms with Gasteiger partial charge in [0.15, 0.2) is 0 Å². The van der Waals surface area contributed by atoms with Crippen LogP contribution in [0.2, 0.25) is 0 Å². The summed E-state index contributed by atoms with van der Waals surface area (Å²) >= 11 is 5.23. The number of nitrogens with two attached hydrogens (primary N) is 1. The largest absolute Gasteiger partial charge is 0.366 e. The minimum absolute atomic E-state index is 0.410. The van der Waals surface area contributed by atoms with E-state index in [4.69, 9.17) is 17.3 Å². The topological polar surface area (TPSA) is 43.1 Å². The van der Waals surface area contributed by atoms with Gasteiger partial charge in [0.2, 0.25) is 5.91 Å². The monoisotopic (exact) mass is 119 g/mol. The molecule has 0 aromatic rings. The Morgan fingerprint density at radius 1 is 1.86 bits per heavy atom. The van der Waals surface area contributed by atoms with E-state index in [0.717, 1.165) is 6.08 Å². The predicted octanol–water partition coefficient (Wildman–Crippen LogP) is 0.614. The molecule has 0 radical (unpaired) electrons. The fourth-order valence-electron chi connectivity index (χ4n) is 0.196. The molecule has 0 aliphatic heterocycles. The maximum atomic E-state index is 9.87. The van der Waals surface area contributed by atoms with Gasteiger partial charge in [-0.1, -0.05) is 11.6 Å².